The molecule has 6 nitrogen and oxygen atoms in total. The topological polar surface area (TPSA) is 88.4 Å². The van der Waals surface area contributed by atoms with Gasteiger partial charge in [-0.25, -0.2) is 0 Å². The van der Waals surface area contributed by atoms with Crippen molar-refractivity contribution < 1.29 is 29.5 Å². The molecule has 0 spiro atoms. The lowest BCUT2D eigenvalue weighted by Gasteiger charge is -2.40. The fourth-order valence-electron chi connectivity index (χ4n) is 1.60. The first-order valence-corrected chi connectivity index (χ1v) is 4.33. The average molecular weight is 208 g/mol. The van der Waals surface area contributed by atoms with Crippen molar-refractivity contribution in [1.82, 2.24) is 0 Å². The number of aliphatic hydroxyl groups excluding tert-OH is 3. The van der Waals surface area contributed by atoms with Crippen LogP contribution in [0.15, 0.2) is 0 Å². The fourth-order valence-corrected chi connectivity index (χ4v) is 1.60. The standard InChI is InChI=1S/C8H16O6/c1-12-6-4(3-9)14-8(11)7(13-2)5(6)10/h4-11H,3H2,1-2H3/t4-,5-,6+,7-,8+/m0/s1. The Kier molecular flexibility index (Phi) is 4.24. The van der Waals surface area contributed by atoms with Gasteiger partial charge in [-0.05, 0) is 0 Å². The first kappa shape index (κ1) is 11.8. The lowest BCUT2D eigenvalue weighted by molar-refractivity contribution is -0.295. The van der Waals surface area contributed by atoms with E-state index >= 15 is 0 Å². The molecule has 0 bridgehead atoms. The SMILES string of the molecule is CO[C@H]1[C@@H](O)[C@H](OC)[C@H](CO)O[C@H]1O. The van der Waals surface area contributed by atoms with Crippen LogP contribution in [0.5, 0.6) is 0 Å². The normalized spacial score (nSPS) is 43.9. The van der Waals surface area contributed by atoms with E-state index in [9.17, 15) is 10.2 Å². The van der Waals surface area contributed by atoms with Crippen LogP contribution in [0.3, 0.4) is 0 Å². The maximum absolute atomic E-state index is 9.70. The Hall–Kier alpha value is -0.240. The van der Waals surface area contributed by atoms with Crippen molar-refractivity contribution in [1.29, 1.82) is 0 Å². The summed E-state index contributed by atoms with van der Waals surface area (Å²) in [5, 5.41) is 28.0. The van der Waals surface area contributed by atoms with Crippen LogP contribution in [0.1, 0.15) is 0 Å². The van der Waals surface area contributed by atoms with Crippen molar-refractivity contribution in [2.45, 2.75) is 30.7 Å². The Balaban J connectivity index is 2.72. The zero-order valence-electron chi connectivity index (χ0n) is 8.16. The Morgan fingerprint density at radius 3 is 2.14 bits per heavy atom. The average Bonchev–Trinajstić information content (AvgIpc) is 2.17. The number of rotatable bonds is 3. The Morgan fingerprint density at radius 1 is 1.14 bits per heavy atom. The molecule has 84 valence electrons. The van der Waals surface area contributed by atoms with E-state index in [0.717, 1.165) is 0 Å². The van der Waals surface area contributed by atoms with Gasteiger partial charge in [0.25, 0.3) is 0 Å². The molecule has 1 aliphatic heterocycles. The molecule has 1 fully saturated rings. The first-order chi connectivity index (χ1) is 6.65. The van der Waals surface area contributed by atoms with E-state index in [-0.39, 0.29) is 6.61 Å². The highest BCUT2D eigenvalue weighted by Crippen LogP contribution is 2.23. The summed E-state index contributed by atoms with van der Waals surface area (Å²) in [6.07, 6.45) is -4.57. The molecule has 1 saturated heterocycles. The highest BCUT2D eigenvalue weighted by molar-refractivity contribution is 4.90. The molecule has 0 unspecified atom stereocenters. The van der Waals surface area contributed by atoms with E-state index in [2.05, 4.69) is 0 Å². The summed E-state index contributed by atoms with van der Waals surface area (Å²) in [6, 6.07) is 0. The Bertz CT molecular complexity index is 175. The van der Waals surface area contributed by atoms with Crippen molar-refractivity contribution in [3.8, 4) is 0 Å². The molecule has 14 heavy (non-hydrogen) atoms. The number of methoxy groups -OCH3 is 2. The zero-order valence-corrected chi connectivity index (χ0v) is 8.16. The number of aliphatic hydroxyl groups is 3. The molecule has 0 amide bonds. The molecule has 0 aromatic heterocycles. The van der Waals surface area contributed by atoms with E-state index < -0.39 is 30.7 Å². The van der Waals surface area contributed by atoms with E-state index in [1.807, 2.05) is 0 Å². The van der Waals surface area contributed by atoms with Crippen LogP contribution in [-0.4, -0.2) is 66.9 Å². The predicted octanol–water partition coefficient (Wildman–Crippen LogP) is -1.91. The summed E-state index contributed by atoms with van der Waals surface area (Å²) in [5.74, 6) is 0. The maximum Gasteiger partial charge on any atom is 0.184 e. The molecule has 6 heteroatoms. The maximum atomic E-state index is 9.70. The third kappa shape index (κ3) is 2.05. The summed E-state index contributed by atoms with van der Waals surface area (Å²) in [5.41, 5.74) is 0. The minimum absolute atomic E-state index is 0.330. The van der Waals surface area contributed by atoms with Crippen LogP contribution in [0, 0.1) is 0 Å². The zero-order chi connectivity index (χ0) is 10.7. The van der Waals surface area contributed by atoms with Gasteiger partial charge in [0.15, 0.2) is 6.29 Å². The van der Waals surface area contributed by atoms with Crippen LogP contribution >= 0.6 is 0 Å². The summed E-state index contributed by atoms with van der Waals surface area (Å²) in [4.78, 5) is 0. The third-order valence-corrected chi connectivity index (χ3v) is 2.36. The Morgan fingerprint density at radius 2 is 1.71 bits per heavy atom. The van der Waals surface area contributed by atoms with Crippen molar-refractivity contribution in [3.63, 3.8) is 0 Å². The molecule has 0 radical (unpaired) electrons. The summed E-state index contributed by atoms with van der Waals surface area (Å²) in [7, 11) is 2.75. The highest BCUT2D eigenvalue weighted by Gasteiger charge is 2.44. The predicted molar refractivity (Wildman–Crippen MR) is 45.6 cm³/mol. The van der Waals surface area contributed by atoms with Crippen molar-refractivity contribution in [2.75, 3.05) is 20.8 Å². The number of hydrogen-bond donors (Lipinski definition) is 3. The van der Waals surface area contributed by atoms with Gasteiger partial charge in [0.1, 0.15) is 24.4 Å². The molecular formula is C8H16O6. The molecule has 0 aliphatic carbocycles. The number of ether oxygens (including phenoxy) is 3. The molecule has 1 heterocycles. The molecule has 5 atom stereocenters. The lowest BCUT2D eigenvalue weighted by atomic mass is 9.99. The monoisotopic (exact) mass is 208 g/mol. The van der Waals surface area contributed by atoms with E-state index in [1.54, 1.807) is 0 Å². The second kappa shape index (κ2) is 5.01. The van der Waals surface area contributed by atoms with Gasteiger partial charge in [-0.1, -0.05) is 0 Å². The van der Waals surface area contributed by atoms with Crippen LogP contribution in [0.4, 0.5) is 0 Å². The Labute approximate surface area is 82.0 Å². The van der Waals surface area contributed by atoms with Gasteiger partial charge < -0.3 is 29.5 Å². The fraction of sp³-hybridized carbons (Fsp3) is 1.00. The molecule has 3 N–H and O–H groups in total. The quantitative estimate of drug-likeness (QED) is 0.501. The van der Waals surface area contributed by atoms with Gasteiger partial charge in [-0.2, -0.15) is 0 Å². The van der Waals surface area contributed by atoms with E-state index in [4.69, 9.17) is 19.3 Å². The molecule has 0 aromatic carbocycles. The van der Waals surface area contributed by atoms with Gasteiger partial charge >= 0.3 is 0 Å². The van der Waals surface area contributed by atoms with Gasteiger partial charge in [-0.15, -0.1) is 0 Å². The minimum atomic E-state index is -1.25. The lowest BCUT2D eigenvalue weighted by Crippen LogP contribution is -2.59. The molecule has 0 saturated carbocycles. The number of hydrogen-bond acceptors (Lipinski definition) is 6. The highest BCUT2D eigenvalue weighted by atomic mass is 16.7. The first-order valence-electron chi connectivity index (χ1n) is 4.33. The van der Waals surface area contributed by atoms with E-state index in [0.29, 0.717) is 0 Å². The van der Waals surface area contributed by atoms with Crippen molar-refractivity contribution in [3.05, 3.63) is 0 Å². The molecule has 0 aromatic rings. The second-order valence-electron chi connectivity index (χ2n) is 3.14. The second-order valence-corrected chi connectivity index (χ2v) is 3.14. The van der Waals surface area contributed by atoms with Crippen LogP contribution in [0.2, 0.25) is 0 Å². The van der Waals surface area contributed by atoms with Gasteiger partial charge in [0, 0.05) is 14.2 Å². The van der Waals surface area contributed by atoms with Crippen LogP contribution in [0.25, 0.3) is 0 Å². The summed E-state index contributed by atoms with van der Waals surface area (Å²) >= 11 is 0. The van der Waals surface area contributed by atoms with Crippen molar-refractivity contribution in [2.24, 2.45) is 0 Å². The molecular weight excluding hydrogens is 192 g/mol. The van der Waals surface area contributed by atoms with E-state index in [1.165, 1.54) is 14.2 Å². The summed E-state index contributed by atoms with van der Waals surface area (Å²) in [6.45, 7) is -0.330. The summed E-state index contributed by atoms with van der Waals surface area (Å²) < 4.78 is 14.8. The molecule has 1 rings (SSSR count). The van der Waals surface area contributed by atoms with Gasteiger partial charge in [0.2, 0.25) is 0 Å². The van der Waals surface area contributed by atoms with Gasteiger partial charge in [-0.3, -0.25) is 0 Å². The van der Waals surface area contributed by atoms with Gasteiger partial charge in [0.05, 0.1) is 6.61 Å². The molecule has 1 aliphatic rings. The van der Waals surface area contributed by atoms with Crippen LogP contribution in [-0.2, 0) is 14.2 Å². The smallest absolute Gasteiger partial charge is 0.184 e. The van der Waals surface area contributed by atoms with Crippen molar-refractivity contribution >= 4 is 0 Å². The largest absolute Gasteiger partial charge is 0.394 e. The third-order valence-electron chi connectivity index (χ3n) is 2.36. The van der Waals surface area contributed by atoms with Crippen LogP contribution < -0.4 is 0 Å². The minimum Gasteiger partial charge on any atom is -0.394 e.